The third-order valence-electron chi connectivity index (χ3n) is 4.84. The van der Waals surface area contributed by atoms with E-state index in [0.717, 1.165) is 41.7 Å². The minimum absolute atomic E-state index is 0.0388. The van der Waals surface area contributed by atoms with E-state index in [1.54, 1.807) is 7.11 Å². The topological polar surface area (TPSA) is 53.5 Å². The molecule has 0 bridgehead atoms. The molecule has 4 rings (SSSR count). The fourth-order valence-electron chi connectivity index (χ4n) is 3.31. The largest absolute Gasteiger partial charge is 0.493 e. The van der Waals surface area contributed by atoms with Crippen molar-refractivity contribution in [1.82, 2.24) is 0 Å². The number of fused-ring (bicyclic) bond motifs is 1. The van der Waals surface area contributed by atoms with Gasteiger partial charge < -0.3 is 24.3 Å². The molecule has 0 unspecified atom stereocenters. The summed E-state index contributed by atoms with van der Waals surface area (Å²) in [5, 5.41) is 2.23. The molecule has 0 aromatic heterocycles. The number of para-hydroxylation sites is 2. The molecule has 5 heteroatoms. The molecule has 3 aromatic carbocycles. The first-order valence-corrected chi connectivity index (χ1v) is 9.85. The molecule has 0 amide bonds. The average Bonchev–Trinajstić information content (AvgIpc) is 2.78. The number of methoxy groups -OCH3 is 1. The Morgan fingerprint density at radius 2 is 1.69 bits per heavy atom. The van der Waals surface area contributed by atoms with Crippen LogP contribution < -0.4 is 24.3 Å². The van der Waals surface area contributed by atoms with Crippen LogP contribution in [0.4, 0.5) is 0 Å². The van der Waals surface area contributed by atoms with Gasteiger partial charge in [0.05, 0.1) is 7.11 Å². The Labute approximate surface area is 171 Å². The third-order valence-corrected chi connectivity index (χ3v) is 4.84. The zero-order valence-corrected chi connectivity index (χ0v) is 16.5. The highest BCUT2D eigenvalue weighted by atomic mass is 16.6. The second kappa shape index (κ2) is 9.34. The van der Waals surface area contributed by atoms with E-state index in [1.807, 2.05) is 54.6 Å². The van der Waals surface area contributed by atoms with Gasteiger partial charge in [-0.25, -0.2) is 0 Å². The Hall–Kier alpha value is -3.18. The maximum Gasteiger partial charge on any atom is 0.181 e. The minimum atomic E-state index is 0.0388. The van der Waals surface area contributed by atoms with Crippen molar-refractivity contribution >= 4 is 0 Å². The number of quaternary nitrogens is 1. The molecule has 5 nitrogen and oxygen atoms in total. The molecular formula is C24H26NO4+. The van der Waals surface area contributed by atoms with Gasteiger partial charge in [0, 0.05) is 5.56 Å². The van der Waals surface area contributed by atoms with Crippen LogP contribution in [0, 0.1) is 0 Å². The van der Waals surface area contributed by atoms with Crippen molar-refractivity contribution in [2.45, 2.75) is 19.3 Å². The molecule has 150 valence electrons. The number of ether oxygens (including phenoxy) is 4. The number of hydrogen-bond donors (Lipinski definition) is 1. The van der Waals surface area contributed by atoms with Crippen molar-refractivity contribution < 1.29 is 24.3 Å². The van der Waals surface area contributed by atoms with Crippen molar-refractivity contribution in [3.8, 4) is 23.0 Å². The predicted octanol–water partition coefficient (Wildman–Crippen LogP) is 3.18. The lowest BCUT2D eigenvalue weighted by atomic mass is 10.2. The van der Waals surface area contributed by atoms with Gasteiger partial charge >= 0.3 is 0 Å². The lowest BCUT2D eigenvalue weighted by Gasteiger charge is -2.25. The van der Waals surface area contributed by atoms with Gasteiger partial charge in [-0.2, -0.15) is 0 Å². The van der Waals surface area contributed by atoms with E-state index in [0.29, 0.717) is 13.2 Å². The third kappa shape index (κ3) is 5.00. The maximum absolute atomic E-state index is 6.02. The van der Waals surface area contributed by atoms with Crippen LogP contribution in [0.25, 0.3) is 0 Å². The summed E-state index contributed by atoms with van der Waals surface area (Å²) in [7, 11) is 1.66. The van der Waals surface area contributed by atoms with Gasteiger partial charge in [0.2, 0.25) is 0 Å². The normalized spacial score (nSPS) is 15.0. The van der Waals surface area contributed by atoms with Gasteiger partial charge in [0.1, 0.15) is 26.3 Å². The van der Waals surface area contributed by atoms with Crippen molar-refractivity contribution in [3.05, 3.63) is 83.9 Å². The summed E-state index contributed by atoms with van der Waals surface area (Å²) < 4.78 is 23.3. The van der Waals surface area contributed by atoms with E-state index in [9.17, 15) is 0 Å². The first-order chi connectivity index (χ1) is 14.3. The van der Waals surface area contributed by atoms with Gasteiger partial charge in [-0.3, -0.25) is 0 Å². The van der Waals surface area contributed by atoms with Crippen LogP contribution in [-0.4, -0.2) is 26.4 Å². The lowest BCUT2D eigenvalue weighted by Crippen LogP contribution is -2.85. The molecule has 3 aromatic rings. The Morgan fingerprint density at radius 1 is 0.897 bits per heavy atom. The second-order valence-corrected chi connectivity index (χ2v) is 6.99. The Balaban J connectivity index is 1.32. The molecule has 29 heavy (non-hydrogen) atoms. The van der Waals surface area contributed by atoms with Gasteiger partial charge in [-0.1, -0.05) is 42.5 Å². The van der Waals surface area contributed by atoms with E-state index in [2.05, 4.69) is 23.5 Å². The van der Waals surface area contributed by atoms with Gasteiger partial charge in [0.15, 0.2) is 29.1 Å². The first kappa shape index (κ1) is 19.2. The standard InChI is InChI=1S/C24H25NO4/c1-26-21-12-11-19(13-24(21)27-16-18-7-3-2-4-8-18)14-25-15-20-17-28-22-9-5-6-10-23(22)29-20/h2-13,20,25H,14-17H2,1H3/p+1/t20-/m1/s1. The molecule has 0 aliphatic carbocycles. The van der Waals surface area contributed by atoms with Gasteiger partial charge in [-0.05, 0) is 35.9 Å². The molecule has 2 N–H and O–H groups in total. The van der Waals surface area contributed by atoms with Crippen LogP contribution >= 0.6 is 0 Å². The SMILES string of the molecule is COc1ccc(C[NH2+]C[C@@H]2COc3ccccc3O2)cc1OCc1ccccc1. The zero-order valence-electron chi connectivity index (χ0n) is 16.5. The highest BCUT2D eigenvalue weighted by Crippen LogP contribution is 2.31. The monoisotopic (exact) mass is 392 g/mol. The van der Waals surface area contributed by atoms with Crippen molar-refractivity contribution in [3.63, 3.8) is 0 Å². The van der Waals surface area contributed by atoms with E-state index in [4.69, 9.17) is 18.9 Å². The molecule has 0 fully saturated rings. The van der Waals surface area contributed by atoms with Crippen molar-refractivity contribution in [1.29, 1.82) is 0 Å². The van der Waals surface area contributed by atoms with E-state index >= 15 is 0 Å². The van der Waals surface area contributed by atoms with Crippen LogP contribution in [-0.2, 0) is 13.2 Å². The van der Waals surface area contributed by atoms with Crippen LogP contribution in [0.15, 0.2) is 72.8 Å². The molecule has 1 atom stereocenters. The van der Waals surface area contributed by atoms with Gasteiger partial charge in [0.25, 0.3) is 0 Å². The zero-order chi connectivity index (χ0) is 19.9. The summed E-state index contributed by atoms with van der Waals surface area (Å²) in [5.41, 5.74) is 2.30. The molecule has 0 radical (unpaired) electrons. The molecule has 0 saturated carbocycles. The fourth-order valence-corrected chi connectivity index (χ4v) is 3.31. The lowest BCUT2D eigenvalue weighted by molar-refractivity contribution is -0.676. The van der Waals surface area contributed by atoms with Crippen LogP contribution in [0.1, 0.15) is 11.1 Å². The van der Waals surface area contributed by atoms with Crippen LogP contribution in [0.3, 0.4) is 0 Å². The van der Waals surface area contributed by atoms with Crippen LogP contribution in [0.5, 0.6) is 23.0 Å². The number of benzene rings is 3. The fraction of sp³-hybridized carbons (Fsp3) is 0.250. The summed E-state index contributed by atoms with van der Waals surface area (Å²) in [6, 6.07) is 24.0. The molecule has 0 saturated heterocycles. The molecule has 1 aliphatic heterocycles. The van der Waals surface area contributed by atoms with E-state index in [-0.39, 0.29) is 6.10 Å². The molecule has 1 aliphatic rings. The summed E-state index contributed by atoms with van der Waals surface area (Å²) in [6.45, 7) is 2.73. The smallest absolute Gasteiger partial charge is 0.181 e. The second-order valence-electron chi connectivity index (χ2n) is 6.99. The minimum Gasteiger partial charge on any atom is -0.493 e. The summed E-state index contributed by atoms with van der Waals surface area (Å²) in [6.07, 6.45) is 0.0388. The highest BCUT2D eigenvalue weighted by molar-refractivity contribution is 5.43. The Bertz CT molecular complexity index is 929. The number of hydrogen-bond acceptors (Lipinski definition) is 4. The van der Waals surface area contributed by atoms with Crippen LogP contribution in [0.2, 0.25) is 0 Å². The van der Waals surface area contributed by atoms with Gasteiger partial charge in [-0.15, -0.1) is 0 Å². The van der Waals surface area contributed by atoms with Crippen molar-refractivity contribution in [2.24, 2.45) is 0 Å². The number of nitrogens with two attached hydrogens (primary N) is 1. The van der Waals surface area contributed by atoms with E-state index < -0.39 is 0 Å². The first-order valence-electron chi connectivity index (χ1n) is 9.85. The number of rotatable bonds is 8. The average molecular weight is 392 g/mol. The Kier molecular flexibility index (Phi) is 6.17. The van der Waals surface area contributed by atoms with Crippen molar-refractivity contribution in [2.75, 3.05) is 20.3 Å². The predicted molar refractivity (Wildman–Crippen MR) is 111 cm³/mol. The molecule has 1 heterocycles. The summed E-state index contributed by atoms with van der Waals surface area (Å²) in [5.74, 6) is 3.14. The Morgan fingerprint density at radius 3 is 2.52 bits per heavy atom. The summed E-state index contributed by atoms with van der Waals surface area (Å²) >= 11 is 0. The molecule has 0 spiro atoms. The quantitative estimate of drug-likeness (QED) is 0.640. The van der Waals surface area contributed by atoms with E-state index in [1.165, 1.54) is 5.56 Å². The maximum atomic E-state index is 6.02. The summed E-state index contributed by atoms with van der Waals surface area (Å²) in [4.78, 5) is 0. The molecular weight excluding hydrogens is 366 g/mol. The highest BCUT2D eigenvalue weighted by Gasteiger charge is 2.21.